The minimum Gasteiger partial charge on any atom is -0.453 e. The molecule has 2 aromatic rings. The van der Waals surface area contributed by atoms with Gasteiger partial charge in [0.1, 0.15) is 5.52 Å². The number of hydrogen-bond donors (Lipinski definition) is 0. The van der Waals surface area contributed by atoms with Gasteiger partial charge in [-0.2, -0.15) is 4.98 Å². The van der Waals surface area contributed by atoms with Gasteiger partial charge >= 0.3 is 6.08 Å². The predicted molar refractivity (Wildman–Crippen MR) is 52.3 cm³/mol. The molecule has 0 unspecified atom stereocenters. The van der Waals surface area contributed by atoms with E-state index in [9.17, 15) is 0 Å². The van der Waals surface area contributed by atoms with Crippen LogP contribution in [0.4, 0.5) is 0 Å². The van der Waals surface area contributed by atoms with Crippen LogP contribution in [0, 0.1) is 0 Å². The van der Waals surface area contributed by atoms with Crippen LogP contribution in [0.25, 0.3) is 11.1 Å². The number of methoxy groups -OCH3 is 1. The molecular formula is C9H9NO2S. The second-order valence-corrected chi connectivity index (χ2v) is 3.40. The summed E-state index contributed by atoms with van der Waals surface area (Å²) >= 11 is 1.67. The number of ether oxygens (including phenoxy) is 1. The lowest BCUT2D eigenvalue weighted by Crippen LogP contribution is -1.79. The largest absolute Gasteiger partial charge is 0.453 e. The smallest absolute Gasteiger partial charge is 0.394 e. The average Bonchev–Trinajstić information content (AvgIpc) is 2.58. The van der Waals surface area contributed by atoms with Gasteiger partial charge in [0.05, 0.1) is 7.11 Å². The molecule has 4 heteroatoms. The van der Waals surface area contributed by atoms with Crippen molar-refractivity contribution in [2.45, 2.75) is 4.90 Å². The van der Waals surface area contributed by atoms with Crippen molar-refractivity contribution in [3.05, 3.63) is 18.2 Å². The Labute approximate surface area is 80.1 Å². The van der Waals surface area contributed by atoms with Crippen molar-refractivity contribution in [3.8, 4) is 6.08 Å². The topological polar surface area (TPSA) is 35.3 Å². The molecule has 0 aliphatic heterocycles. The first kappa shape index (κ1) is 8.44. The van der Waals surface area contributed by atoms with Crippen molar-refractivity contribution in [2.24, 2.45) is 0 Å². The summed E-state index contributed by atoms with van der Waals surface area (Å²) < 4.78 is 10.2. The SMILES string of the molecule is COc1nc2ccc(SC)cc2o1. The van der Waals surface area contributed by atoms with Crippen LogP contribution in [0.5, 0.6) is 6.08 Å². The maximum atomic E-state index is 5.31. The van der Waals surface area contributed by atoms with Crippen molar-refractivity contribution in [1.82, 2.24) is 4.98 Å². The summed E-state index contributed by atoms with van der Waals surface area (Å²) in [6.07, 6.45) is 2.34. The fourth-order valence-corrected chi connectivity index (χ4v) is 1.53. The number of fused-ring (bicyclic) bond motifs is 1. The minimum atomic E-state index is 0.313. The molecule has 2 rings (SSSR count). The Kier molecular flexibility index (Phi) is 2.14. The first-order chi connectivity index (χ1) is 6.33. The molecular weight excluding hydrogens is 186 g/mol. The zero-order valence-corrected chi connectivity index (χ0v) is 8.22. The number of nitrogens with zero attached hydrogens (tertiary/aromatic N) is 1. The summed E-state index contributed by atoms with van der Waals surface area (Å²) in [6.45, 7) is 0. The van der Waals surface area contributed by atoms with Crippen LogP contribution < -0.4 is 4.74 Å². The lowest BCUT2D eigenvalue weighted by Gasteiger charge is -1.92. The van der Waals surface area contributed by atoms with Crippen LogP contribution in [0.3, 0.4) is 0 Å². The van der Waals surface area contributed by atoms with E-state index in [0.29, 0.717) is 6.08 Å². The maximum Gasteiger partial charge on any atom is 0.394 e. The van der Waals surface area contributed by atoms with E-state index >= 15 is 0 Å². The van der Waals surface area contributed by atoms with Crippen molar-refractivity contribution in [3.63, 3.8) is 0 Å². The second-order valence-electron chi connectivity index (χ2n) is 2.52. The Morgan fingerprint density at radius 1 is 1.46 bits per heavy atom. The fraction of sp³-hybridized carbons (Fsp3) is 0.222. The Morgan fingerprint density at radius 3 is 3.00 bits per heavy atom. The highest BCUT2D eigenvalue weighted by Gasteiger charge is 2.05. The molecule has 0 aliphatic rings. The van der Waals surface area contributed by atoms with Crippen molar-refractivity contribution >= 4 is 22.9 Å². The highest BCUT2D eigenvalue weighted by molar-refractivity contribution is 7.98. The van der Waals surface area contributed by atoms with Gasteiger partial charge in [0, 0.05) is 4.90 Å². The normalized spacial score (nSPS) is 10.6. The van der Waals surface area contributed by atoms with E-state index in [1.807, 2.05) is 24.5 Å². The van der Waals surface area contributed by atoms with Gasteiger partial charge in [0.25, 0.3) is 0 Å². The summed E-state index contributed by atoms with van der Waals surface area (Å²) in [4.78, 5) is 5.27. The molecule has 0 saturated carbocycles. The molecule has 1 aromatic heterocycles. The summed E-state index contributed by atoms with van der Waals surface area (Å²) in [5.74, 6) is 0. The Morgan fingerprint density at radius 2 is 2.31 bits per heavy atom. The van der Waals surface area contributed by atoms with Gasteiger partial charge in [-0.05, 0) is 24.5 Å². The highest BCUT2D eigenvalue weighted by atomic mass is 32.2. The molecule has 1 heterocycles. The minimum absolute atomic E-state index is 0.313. The third kappa shape index (κ3) is 1.49. The zero-order chi connectivity index (χ0) is 9.26. The van der Waals surface area contributed by atoms with E-state index in [2.05, 4.69) is 4.98 Å². The van der Waals surface area contributed by atoms with Crippen LogP contribution >= 0.6 is 11.8 Å². The number of thioether (sulfide) groups is 1. The van der Waals surface area contributed by atoms with Gasteiger partial charge in [0.2, 0.25) is 0 Å². The first-order valence-corrected chi connectivity index (χ1v) is 5.04. The monoisotopic (exact) mass is 195 g/mol. The van der Waals surface area contributed by atoms with Crippen molar-refractivity contribution in [2.75, 3.05) is 13.4 Å². The van der Waals surface area contributed by atoms with E-state index in [1.54, 1.807) is 18.9 Å². The third-order valence-corrected chi connectivity index (χ3v) is 2.48. The van der Waals surface area contributed by atoms with Crippen LogP contribution in [0.2, 0.25) is 0 Å². The molecule has 3 nitrogen and oxygen atoms in total. The molecule has 0 saturated heterocycles. The van der Waals surface area contributed by atoms with Crippen molar-refractivity contribution in [1.29, 1.82) is 0 Å². The third-order valence-electron chi connectivity index (χ3n) is 1.75. The Bertz CT molecular complexity index is 422. The maximum absolute atomic E-state index is 5.31. The van der Waals surface area contributed by atoms with Gasteiger partial charge in [-0.3, -0.25) is 0 Å². The molecule has 68 valence electrons. The quantitative estimate of drug-likeness (QED) is 0.690. The number of rotatable bonds is 2. The molecule has 0 N–H and O–H groups in total. The second kappa shape index (κ2) is 3.30. The summed E-state index contributed by atoms with van der Waals surface area (Å²) in [6, 6.07) is 5.89. The van der Waals surface area contributed by atoms with Crippen LogP contribution in [0.15, 0.2) is 27.5 Å². The highest BCUT2D eigenvalue weighted by Crippen LogP contribution is 2.24. The Hall–Kier alpha value is -1.16. The standard InChI is InChI=1S/C9H9NO2S/c1-11-9-10-7-4-3-6(13-2)5-8(7)12-9/h3-5H,1-2H3. The summed E-state index contributed by atoms with van der Waals surface area (Å²) in [7, 11) is 1.54. The molecule has 0 amide bonds. The molecule has 13 heavy (non-hydrogen) atoms. The average molecular weight is 195 g/mol. The van der Waals surface area contributed by atoms with Gasteiger partial charge in [-0.25, -0.2) is 0 Å². The summed E-state index contributed by atoms with van der Waals surface area (Å²) in [5.41, 5.74) is 1.60. The molecule has 0 spiro atoms. The molecule has 0 bridgehead atoms. The number of aromatic nitrogens is 1. The number of hydrogen-bond acceptors (Lipinski definition) is 4. The summed E-state index contributed by atoms with van der Waals surface area (Å²) in [5, 5.41) is 0. The lowest BCUT2D eigenvalue weighted by molar-refractivity contribution is 0.299. The predicted octanol–water partition coefficient (Wildman–Crippen LogP) is 2.56. The molecule has 0 fully saturated rings. The van der Waals surface area contributed by atoms with E-state index in [4.69, 9.17) is 9.15 Å². The van der Waals surface area contributed by atoms with Gasteiger partial charge in [-0.1, -0.05) is 0 Å². The van der Waals surface area contributed by atoms with E-state index in [0.717, 1.165) is 16.0 Å². The molecule has 1 aromatic carbocycles. The number of oxazole rings is 1. The van der Waals surface area contributed by atoms with E-state index < -0.39 is 0 Å². The van der Waals surface area contributed by atoms with Crippen molar-refractivity contribution < 1.29 is 9.15 Å². The fourth-order valence-electron chi connectivity index (χ4n) is 1.10. The van der Waals surface area contributed by atoms with E-state index in [1.165, 1.54) is 0 Å². The van der Waals surface area contributed by atoms with E-state index in [-0.39, 0.29) is 0 Å². The van der Waals surface area contributed by atoms with Gasteiger partial charge in [-0.15, -0.1) is 11.8 Å². The molecule has 0 atom stereocenters. The van der Waals surface area contributed by atoms with Gasteiger partial charge < -0.3 is 9.15 Å². The number of benzene rings is 1. The zero-order valence-electron chi connectivity index (χ0n) is 7.40. The first-order valence-electron chi connectivity index (χ1n) is 3.82. The van der Waals surface area contributed by atoms with Crippen LogP contribution in [-0.4, -0.2) is 18.3 Å². The van der Waals surface area contributed by atoms with Crippen LogP contribution in [0.1, 0.15) is 0 Å². The molecule has 0 aliphatic carbocycles. The molecule has 0 radical (unpaired) electrons. The van der Waals surface area contributed by atoms with Crippen LogP contribution in [-0.2, 0) is 0 Å². The van der Waals surface area contributed by atoms with Gasteiger partial charge in [0.15, 0.2) is 5.58 Å². The lowest BCUT2D eigenvalue weighted by atomic mass is 10.3. The Balaban J connectivity index is 2.57.